The van der Waals surface area contributed by atoms with Gasteiger partial charge >= 0.3 is 6.16 Å². The standard InChI is InChI=1S/C17H20BrNO4S/c1-16(2,3)23-15(20)22-14-19-17(7-9-24-14)6-8-21-13-5-4-11(18)10-12(13)17/h4-5,10H,6-9H2,1-3H3. The van der Waals surface area contributed by atoms with Gasteiger partial charge in [0.25, 0.3) is 5.23 Å². The van der Waals surface area contributed by atoms with Crippen molar-refractivity contribution >= 4 is 39.1 Å². The lowest BCUT2D eigenvalue weighted by Gasteiger charge is -2.38. The lowest BCUT2D eigenvalue weighted by Crippen LogP contribution is -2.36. The molecule has 1 atom stereocenters. The summed E-state index contributed by atoms with van der Waals surface area (Å²) in [7, 11) is 0. The molecule has 2 heterocycles. The van der Waals surface area contributed by atoms with Crippen molar-refractivity contribution in [2.45, 2.75) is 44.8 Å². The van der Waals surface area contributed by atoms with Gasteiger partial charge in [-0.15, -0.1) is 0 Å². The summed E-state index contributed by atoms with van der Waals surface area (Å²) in [4.78, 5) is 16.7. The maximum atomic E-state index is 11.9. The van der Waals surface area contributed by atoms with Gasteiger partial charge in [0.05, 0.1) is 12.1 Å². The second-order valence-corrected chi connectivity index (χ2v) is 8.78. The normalized spacial score (nSPS) is 23.1. The molecule has 0 saturated heterocycles. The van der Waals surface area contributed by atoms with E-state index in [-0.39, 0.29) is 0 Å². The van der Waals surface area contributed by atoms with Gasteiger partial charge in [-0.3, -0.25) is 0 Å². The van der Waals surface area contributed by atoms with E-state index in [1.54, 1.807) is 20.8 Å². The third-order valence-electron chi connectivity index (χ3n) is 3.82. The first kappa shape index (κ1) is 17.6. The number of hydrogen-bond donors (Lipinski definition) is 0. The third kappa shape index (κ3) is 3.88. The molecule has 0 radical (unpaired) electrons. The summed E-state index contributed by atoms with van der Waals surface area (Å²) >= 11 is 4.95. The molecule has 3 rings (SSSR count). The molecule has 0 amide bonds. The number of ether oxygens (including phenoxy) is 3. The highest BCUT2D eigenvalue weighted by atomic mass is 79.9. The highest BCUT2D eigenvalue weighted by Crippen LogP contribution is 2.46. The number of fused-ring (bicyclic) bond motifs is 2. The molecule has 2 aliphatic heterocycles. The Morgan fingerprint density at radius 2 is 2.17 bits per heavy atom. The van der Waals surface area contributed by atoms with E-state index in [4.69, 9.17) is 19.2 Å². The Hall–Kier alpha value is -1.21. The maximum absolute atomic E-state index is 11.9. The number of thioether (sulfide) groups is 1. The second-order valence-electron chi connectivity index (χ2n) is 6.81. The molecule has 1 aromatic carbocycles. The SMILES string of the molecule is CC(C)(C)OC(=O)OC1=NC2(CCOc3ccc(Br)cc32)CCS1. The first-order chi connectivity index (χ1) is 11.3. The molecule has 1 spiro atoms. The van der Waals surface area contributed by atoms with E-state index in [1.807, 2.05) is 18.2 Å². The Kier molecular flexibility index (Phi) is 4.84. The van der Waals surface area contributed by atoms with E-state index >= 15 is 0 Å². The Labute approximate surface area is 154 Å². The van der Waals surface area contributed by atoms with Crippen LogP contribution in [0.15, 0.2) is 27.7 Å². The van der Waals surface area contributed by atoms with Crippen molar-refractivity contribution in [3.63, 3.8) is 0 Å². The van der Waals surface area contributed by atoms with E-state index in [9.17, 15) is 4.79 Å². The monoisotopic (exact) mass is 413 g/mol. The summed E-state index contributed by atoms with van der Waals surface area (Å²) in [6, 6.07) is 5.95. The van der Waals surface area contributed by atoms with Crippen LogP contribution in [-0.2, 0) is 15.0 Å². The molecular weight excluding hydrogens is 394 g/mol. The van der Waals surface area contributed by atoms with Crippen LogP contribution in [0.3, 0.4) is 0 Å². The van der Waals surface area contributed by atoms with Crippen LogP contribution in [-0.4, -0.2) is 29.3 Å². The molecular formula is C17H20BrNO4S. The third-order valence-corrected chi connectivity index (χ3v) is 5.15. The molecule has 0 aliphatic carbocycles. The Bertz CT molecular complexity index is 686. The fraction of sp³-hybridized carbons (Fsp3) is 0.529. The van der Waals surface area contributed by atoms with Gasteiger partial charge in [0, 0.05) is 22.2 Å². The lowest BCUT2D eigenvalue weighted by atomic mass is 9.83. The van der Waals surface area contributed by atoms with E-state index in [1.165, 1.54) is 11.8 Å². The summed E-state index contributed by atoms with van der Waals surface area (Å²) in [6.07, 6.45) is 0.927. The summed E-state index contributed by atoms with van der Waals surface area (Å²) in [6.45, 7) is 6.01. The molecule has 5 nitrogen and oxygen atoms in total. The van der Waals surface area contributed by atoms with Crippen molar-refractivity contribution < 1.29 is 19.0 Å². The predicted molar refractivity (Wildman–Crippen MR) is 97.8 cm³/mol. The van der Waals surface area contributed by atoms with Crippen LogP contribution in [0.4, 0.5) is 4.79 Å². The van der Waals surface area contributed by atoms with Crippen molar-refractivity contribution in [3.8, 4) is 5.75 Å². The average Bonchev–Trinajstić information content (AvgIpc) is 2.46. The van der Waals surface area contributed by atoms with Gasteiger partial charge in [0.1, 0.15) is 11.4 Å². The zero-order valence-corrected chi connectivity index (χ0v) is 16.3. The second kappa shape index (κ2) is 6.59. The lowest BCUT2D eigenvalue weighted by molar-refractivity contribution is 0.0186. The molecule has 1 aromatic rings. The molecule has 2 aliphatic rings. The number of rotatable bonds is 0. The molecule has 0 bridgehead atoms. The topological polar surface area (TPSA) is 57.1 Å². The molecule has 130 valence electrons. The minimum Gasteiger partial charge on any atom is -0.493 e. The van der Waals surface area contributed by atoms with Gasteiger partial charge in [0.2, 0.25) is 0 Å². The number of benzene rings is 1. The van der Waals surface area contributed by atoms with Gasteiger partial charge in [-0.25, -0.2) is 9.79 Å². The number of carbonyl (C=O) groups excluding carboxylic acids is 1. The maximum Gasteiger partial charge on any atom is 0.516 e. The molecule has 7 heteroatoms. The smallest absolute Gasteiger partial charge is 0.493 e. The van der Waals surface area contributed by atoms with Crippen LogP contribution >= 0.6 is 27.7 Å². The van der Waals surface area contributed by atoms with Crippen LogP contribution in [0.25, 0.3) is 0 Å². The quantitative estimate of drug-likeness (QED) is 0.567. The first-order valence-electron chi connectivity index (χ1n) is 7.84. The van der Waals surface area contributed by atoms with Crippen molar-refractivity contribution in [1.82, 2.24) is 0 Å². The van der Waals surface area contributed by atoms with Crippen molar-refractivity contribution in [1.29, 1.82) is 0 Å². The minimum absolute atomic E-state index is 0.364. The van der Waals surface area contributed by atoms with E-state index in [0.29, 0.717) is 11.8 Å². The number of aliphatic imine (C=N–C) groups is 1. The molecule has 0 saturated carbocycles. The Morgan fingerprint density at radius 3 is 2.92 bits per heavy atom. The van der Waals surface area contributed by atoms with Crippen LogP contribution < -0.4 is 4.74 Å². The van der Waals surface area contributed by atoms with Gasteiger partial charge < -0.3 is 14.2 Å². The van der Waals surface area contributed by atoms with Crippen molar-refractivity contribution in [3.05, 3.63) is 28.2 Å². The molecule has 24 heavy (non-hydrogen) atoms. The Morgan fingerprint density at radius 1 is 1.38 bits per heavy atom. The molecule has 1 unspecified atom stereocenters. The summed E-state index contributed by atoms with van der Waals surface area (Å²) in [5.74, 6) is 1.67. The van der Waals surface area contributed by atoms with Gasteiger partial charge in [-0.05, 0) is 45.4 Å². The fourth-order valence-electron chi connectivity index (χ4n) is 2.80. The number of halogens is 1. The van der Waals surface area contributed by atoms with Crippen molar-refractivity contribution in [2.24, 2.45) is 4.99 Å². The number of carbonyl (C=O) groups is 1. The zero-order chi connectivity index (χ0) is 17.4. The Balaban J connectivity index is 1.87. The predicted octanol–water partition coefficient (Wildman–Crippen LogP) is 4.87. The highest BCUT2D eigenvalue weighted by Gasteiger charge is 2.41. The largest absolute Gasteiger partial charge is 0.516 e. The molecule has 0 N–H and O–H groups in total. The van der Waals surface area contributed by atoms with E-state index in [2.05, 4.69) is 15.9 Å². The summed E-state index contributed by atoms with van der Waals surface area (Å²) in [5.41, 5.74) is 0.0406. The van der Waals surface area contributed by atoms with Crippen molar-refractivity contribution in [2.75, 3.05) is 12.4 Å². The number of hydrogen-bond acceptors (Lipinski definition) is 6. The summed E-state index contributed by atoms with van der Waals surface area (Å²) in [5, 5.41) is 0.364. The van der Waals surface area contributed by atoms with Gasteiger partial charge in [0.15, 0.2) is 0 Å². The van der Waals surface area contributed by atoms with Gasteiger partial charge in [-0.1, -0.05) is 27.7 Å². The van der Waals surface area contributed by atoms with Crippen LogP contribution in [0, 0.1) is 0 Å². The average molecular weight is 414 g/mol. The van der Waals surface area contributed by atoms with Crippen LogP contribution in [0.2, 0.25) is 0 Å². The highest BCUT2D eigenvalue weighted by molar-refractivity contribution is 9.10. The van der Waals surface area contributed by atoms with Crippen LogP contribution in [0.5, 0.6) is 5.75 Å². The van der Waals surface area contributed by atoms with Crippen LogP contribution in [0.1, 0.15) is 39.2 Å². The fourth-order valence-corrected chi connectivity index (χ4v) is 4.14. The zero-order valence-electron chi connectivity index (χ0n) is 13.9. The van der Waals surface area contributed by atoms with Gasteiger partial charge in [-0.2, -0.15) is 0 Å². The number of nitrogens with zero attached hydrogens (tertiary/aromatic N) is 1. The van der Waals surface area contributed by atoms with E-state index < -0.39 is 17.3 Å². The minimum atomic E-state index is -0.715. The molecule has 0 aromatic heterocycles. The first-order valence-corrected chi connectivity index (χ1v) is 9.62. The molecule has 0 fully saturated rings. The summed E-state index contributed by atoms with van der Waals surface area (Å²) < 4.78 is 17.3. The van der Waals surface area contributed by atoms with E-state index in [0.717, 1.165) is 34.4 Å².